The van der Waals surface area contributed by atoms with Gasteiger partial charge in [-0.05, 0) is 36.1 Å². The van der Waals surface area contributed by atoms with Gasteiger partial charge in [0.15, 0.2) is 11.5 Å². The molecule has 1 aliphatic heterocycles. The Morgan fingerprint density at radius 1 is 1.04 bits per heavy atom. The van der Waals surface area contributed by atoms with Gasteiger partial charge in [0, 0.05) is 4.70 Å². The number of benzene rings is 2. The van der Waals surface area contributed by atoms with Gasteiger partial charge in [-0.2, -0.15) is 0 Å². The van der Waals surface area contributed by atoms with Crippen LogP contribution in [0.4, 0.5) is 0 Å². The standard InChI is InChI=1S/C19H16N2O4S/c1-11-12-6-2-5-9-16(12)26-17(11)19(23)21-20-18(22)15-10-24-13-7-3-4-8-14(13)25-15/h2-9,15H,10H2,1H3,(H,20,22)(H,21,23). The molecule has 1 aromatic heterocycles. The topological polar surface area (TPSA) is 76.7 Å². The number of aryl methyl sites for hydroxylation is 1. The number of carbonyl (C=O) groups is 2. The molecule has 0 bridgehead atoms. The summed E-state index contributed by atoms with van der Waals surface area (Å²) in [7, 11) is 0. The number of ether oxygens (including phenoxy) is 2. The molecule has 6 nitrogen and oxygen atoms in total. The van der Waals surface area contributed by atoms with Gasteiger partial charge in [0.05, 0.1) is 4.88 Å². The number of hydrogen-bond donors (Lipinski definition) is 2. The molecule has 132 valence electrons. The summed E-state index contributed by atoms with van der Waals surface area (Å²) in [5.41, 5.74) is 5.77. The number of thiophene rings is 1. The number of rotatable bonds is 2. The minimum Gasteiger partial charge on any atom is -0.485 e. The largest absolute Gasteiger partial charge is 0.485 e. The van der Waals surface area contributed by atoms with Crippen LogP contribution in [0, 0.1) is 6.92 Å². The van der Waals surface area contributed by atoms with E-state index in [-0.39, 0.29) is 12.5 Å². The maximum absolute atomic E-state index is 12.4. The number of para-hydroxylation sites is 2. The minimum atomic E-state index is -0.825. The molecular weight excluding hydrogens is 352 g/mol. The third-order valence-corrected chi connectivity index (χ3v) is 5.42. The molecule has 0 spiro atoms. The fourth-order valence-electron chi connectivity index (χ4n) is 2.80. The molecule has 3 aromatic rings. The molecule has 0 fully saturated rings. The van der Waals surface area contributed by atoms with Crippen molar-refractivity contribution in [3.8, 4) is 11.5 Å². The zero-order valence-corrected chi connectivity index (χ0v) is 14.8. The fourth-order valence-corrected chi connectivity index (χ4v) is 3.90. The fraction of sp³-hybridized carbons (Fsp3) is 0.158. The lowest BCUT2D eigenvalue weighted by atomic mass is 10.1. The molecule has 0 aliphatic carbocycles. The van der Waals surface area contributed by atoms with Gasteiger partial charge in [-0.15, -0.1) is 11.3 Å². The Balaban J connectivity index is 1.41. The quantitative estimate of drug-likeness (QED) is 0.682. The maximum Gasteiger partial charge on any atom is 0.283 e. The summed E-state index contributed by atoms with van der Waals surface area (Å²) >= 11 is 1.39. The first-order valence-electron chi connectivity index (χ1n) is 8.10. The SMILES string of the molecule is Cc1c(C(=O)NNC(=O)C2COc3ccccc3O2)sc2ccccc12. The zero-order valence-electron chi connectivity index (χ0n) is 13.9. The second-order valence-electron chi connectivity index (χ2n) is 5.86. The Bertz CT molecular complexity index is 998. The first kappa shape index (κ1) is 16.4. The minimum absolute atomic E-state index is 0.0840. The summed E-state index contributed by atoms with van der Waals surface area (Å²) in [6, 6.07) is 14.9. The Hall–Kier alpha value is -3.06. The van der Waals surface area contributed by atoms with Gasteiger partial charge >= 0.3 is 0 Å². The molecule has 0 radical (unpaired) electrons. The molecule has 1 unspecified atom stereocenters. The van der Waals surface area contributed by atoms with Crippen molar-refractivity contribution in [3.05, 3.63) is 59.0 Å². The Kier molecular flexibility index (Phi) is 4.22. The van der Waals surface area contributed by atoms with Crippen molar-refractivity contribution in [2.75, 3.05) is 6.61 Å². The van der Waals surface area contributed by atoms with Crippen molar-refractivity contribution < 1.29 is 19.1 Å². The summed E-state index contributed by atoms with van der Waals surface area (Å²) in [6.07, 6.45) is -0.825. The predicted octanol–water partition coefficient (Wildman–Crippen LogP) is 2.81. The summed E-state index contributed by atoms with van der Waals surface area (Å²) < 4.78 is 12.2. The lowest BCUT2D eigenvalue weighted by Crippen LogP contribution is -2.50. The first-order chi connectivity index (χ1) is 12.6. The smallest absolute Gasteiger partial charge is 0.283 e. The second-order valence-corrected chi connectivity index (χ2v) is 6.91. The van der Waals surface area contributed by atoms with Crippen LogP contribution in [0.5, 0.6) is 11.5 Å². The Morgan fingerprint density at radius 3 is 2.58 bits per heavy atom. The van der Waals surface area contributed by atoms with E-state index in [4.69, 9.17) is 9.47 Å². The van der Waals surface area contributed by atoms with Crippen molar-refractivity contribution >= 4 is 33.2 Å². The molecule has 26 heavy (non-hydrogen) atoms. The molecule has 2 N–H and O–H groups in total. The van der Waals surface area contributed by atoms with Crippen LogP contribution in [-0.4, -0.2) is 24.5 Å². The van der Waals surface area contributed by atoms with Gasteiger partial charge in [-0.3, -0.25) is 20.4 Å². The van der Waals surface area contributed by atoms with Gasteiger partial charge in [0.25, 0.3) is 11.8 Å². The van der Waals surface area contributed by atoms with Crippen molar-refractivity contribution in [3.63, 3.8) is 0 Å². The monoisotopic (exact) mass is 368 g/mol. The number of nitrogens with one attached hydrogen (secondary N) is 2. The highest BCUT2D eigenvalue weighted by molar-refractivity contribution is 7.21. The Morgan fingerprint density at radius 2 is 1.77 bits per heavy atom. The van der Waals surface area contributed by atoms with E-state index in [1.807, 2.05) is 37.3 Å². The normalized spacial score (nSPS) is 15.5. The lowest BCUT2D eigenvalue weighted by Gasteiger charge is -2.25. The molecule has 0 saturated carbocycles. The summed E-state index contributed by atoms with van der Waals surface area (Å²) in [6.45, 7) is 1.98. The van der Waals surface area contributed by atoms with Gasteiger partial charge < -0.3 is 9.47 Å². The molecule has 4 rings (SSSR count). The summed E-state index contributed by atoms with van der Waals surface area (Å²) in [4.78, 5) is 25.3. The van der Waals surface area contributed by atoms with E-state index in [1.54, 1.807) is 18.2 Å². The van der Waals surface area contributed by atoms with E-state index in [1.165, 1.54) is 11.3 Å². The molecule has 1 aliphatic rings. The number of fused-ring (bicyclic) bond motifs is 2. The molecule has 2 amide bonds. The van der Waals surface area contributed by atoms with Crippen LogP contribution in [0.3, 0.4) is 0 Å². The van der Waals surface area contributed by atoms with Crippen LogP contribution in [0.1, 0.15) is 15.2 Å². The third-order valence-electron chi connectivity index (χ3n) is 4.15. The molecule has 7 heteroatoms. The van der Waals surface area contributed by atoms with Crippen LogP contribution in [0.2, 0.25) is 0 Å². The predicted molar refractivity (Wildman–Crippen MR) is 98.5 cm³/mol. The molecular formula is C19H16N2O4S. The number of carbonyl (C=O) groups excluding carboxylic acids is 2. The van der Waals surface area contributed by atoms with Crippen LogP contribution in [-0.2, 0) is 4.79 Å². The van der Waals surface area contributed by atoms with E-state index in [0.717, 1.165) is 15.6 Å². The average Bonchev–Trinajstić information content (AvgIpc) is 3.02. The van der Waals surface area contributed by atoms with E-state index in [0.29, 0.717) is 16.4 Å². The van der Waals surface area contributed by atoms with Gasteiger partial charge in [0.1, 0.15) is 6.61 Å². The van der Waals surface area contributed by atoms with Crippen molar-refractivity contribution in [1.29, 1.82) is 0 Å². The van der Waals surface area contributed by atoms with Crippen LogP contribution < -0.4 is 20.3 Å². The maximum atomic E-state index is 12.4. The van der Waals surface area contributed by atoms with Crippen LogP contribution in [0.25, 0.3) is 10.1 Å². The molecule has 2 heterocycles. The molecule has 1 atom stereocenters. The Labute approximate surface area is 153 Å². The first-order valence-corrected chi connectivity index (χ1v) is 8.92. The van der Waals surface area contributed by atoms with E-state index in [2.05, 4.69) is 10.9 Å². The van der Waals surface area contributed by atoms with Gasteiger partial charge in [0.2, 0.25) is 6.10 Å². The highest BCUT2D eigenvalue weighted by Crippen LogP contribution is 2.31. The third kappa shape index (κ3) is 2.97. The molecule has 2 aromatic carbocycles. The van der Waals surface area contributed by atoms with E-state index in [9.17, 15) is 9.59 Å². The van der Waals surface area contributed by atoms with Crippen LogP contribution >= 0.6 is 11.3 Å². The number of hydrogen-bond acceptors (Lipinski definition) is 5. The van der Waals surface area contributed by atoms with Crippen molar-refractivity contribution in [2.24, 2.45) is 0 Å². The highest BCUT2D eigenvalue weighted by Gasteiger charge is 2.28. The second kappa shape index (κ2) is 6.68. The summed E-state index contributed by atoms with van der Waals surface area (Å²) in [5.74, 6) is 0.285. The van der Waals surface area contributed by atoms with Crippen molar-refractivity contribution in [2.45, 2.75) is 13.0 Å². The average molecular weight is 368 g/mol. The zero-order chi connectivity index (χ0) is 18.1. The van der Waals surface area contributed by atoms with E-state index >= 15 is 0 Å². The van der Waals surface area contributed by atoms with Gasteiger partial charge in [-0.1, -0.05) is 30.3 Å². The lowest BCUT2D eigenvalue weighted by molar-refractivity contribution is -0.131. The number of amides is 2. The van der Waals surface area contributed by atoms with Crippen LogP contribution in [0.15, 0.2) is 48.5 Å². The number of hydrazine groups is 1. The highest BCUT2D eigenvalue weighted by atomic mass is 32.1. The van der Waals surface area contributed by atoms with Crippen molar-refractivity contribution in [1.82, 2.24) is 10.9 Å². The van der Waals surface area contributed by atoms with E-state index < -0.39 is 12.0 Å². The molecule has 0 saturated heterocycles. The van der Waals surface area contributed by atoms with Gasteiger partial charge in [-0.25, -0.2) is 0 Å². The summed E-state index contributed by atoms with van der Waals surface area (Å²) in [5, 5.41) is 1.04.